The first kappa shape index (κ1) is 26.5. The molecule has 0 spiro atoms. The van der Waals surface area contributed by atoms with E-state index in [2.05, 4.69) is 31.2 Å². The molecule has 1 aliphatic heterocycles. The summed E-state index contributed by atoms with van der Waals surface area (Å²) in [5.74, 6) is 1.15. The number of hydrogen-bond donors (Lipinski definition) is 1. The van der Waals surface area contributed by atoms with Gasteiger partial charge in [0.1, 0.15) is 23.3 Å². The van der Waals surface area contributed by atoms with Gasteiger partial charge in [-0.3, -0.25) is 4.79 Å². The summed E-state index contributed by atoms with van der Waals surface area (Å²) in [4.78, 5) is 27.6. The minimum atomic E-state index is -0.418. The van der Waals surface area contributed by atoms with Crippen LogP contribution in [-0.4, -0.2) is 56.3 Å². The molecule has 4 aromatic rings. The molecule has 206 valence electrons. The Morgan fingerprint density at radius 2 is 2.02 bits per heavy atom. The van der Waals surface area contributed by atoms with Gasteiger partial charge in [-0.1, -0.05) is 11.6 Å². The first-order valence-corrected chi connectivity index (χ1v) is 13.8. The third kappa shape index (κ3) is 5.27. The van der Waals surface area contributed by atoms with E-state index >= 15 is 0 Å². The molecule has 0 aromatic carbocycles. The van der Waals surface area contributed by atoms with Gasteiger partial charge in [0.15, 0.2) is 6.61 Å². The van der Waals surface area contributed by atoms with E-state index in [1.54, 1.807) is 35.2 Å². The summed E-state index contributed by atoms with van der Waals surface area (Å²) in [6, 6.07) is 11.4. The number of rotatable bonds is 7. The fraction of sp³-hybridized carbons (Fsp3) is 0.333. The molecule has 2 aliphatic rings. The molecule has 41 heavy (non-hydrogen) atoms. The number of carbonyl (C=O) groups is 1. The minimum Gasteiger partial charge on any atom is -0.484 e. The Kier molecular flexibility index (Phi) is 6.72. The van der Waals surface area contributed by atoms with Crippen molar-refractivity contribution in [1.82, 2.24) is 24.9 Å². The Morgan fingerprint density at radius 1 is 1.22 bits per heavy atom. The molecule has 1 saturated heterocycles. The van der Waals surface area contributed by atoms with Crippen molar-refractivity contribution in [3.05, 3.63) is 82.8 Å². The van der Waals surface area contributed by atoms with Crippen molar-refractivity contribution < 1.29 is 9.53 Å². The third-order valence-corrected chi connectivity index (χ3v) is 8.22. The number of nitrogens with one attached hydrogen (secondary N) is 1. The Hall–Kier alpha value is -4.67. The third-order valence-electron chi connectivity index (χ3n) is 7.92. The number of carbonyl (C=O) groups excluding carboxylic acids is 1. The van der Waals surface area contributed by atoms with E-state index in [0.717, 1.165) is 55.7 Å². The van der Waals surface area contributed by atoms with Crippen LogP contribution in [-0.2, 0) is 0 Å². The van der Waals surface area contributed by atoms with Crippen molar-refractivity contribution in [2.45, 2.75) is 43.7 Å². The first-order chi connectivity index (χ1) is 19.8. The average Bonchev–Trinajstić information content (AvgIpc) is 3.66. The molecule has 1 aliphatic carbocycles. The molecule has 0 bridgehead atoms. The highest BCUT2D eigenvalue weighted by Crippen LogP contribution is 2.40. The molecular formula is C30H27ClN8O2. The van der Waals surface area contributed by atoms with Gasteiger partial charge in [0.25, 0.3) is 11.4 Å². The van der Waals surface area contributed by atoms with Crippen molar-refractivity contribution in [3.63, 3.8) is 0 Å². The van der Waals surface area contributed by atoms with Crippen molar-refractivity contribution in [2.75, 3.05) is 24.6 Å². The Labute approximate surface area is 242 Å². The van der Waals surface area contributed by atoms with Crippen LogP contribution in [0.4, 0.5) is 5.82 Å². The molecule has 11 heteroatoms. The number of nitriles is 1. The second-order valence-corrected chi connectivity index (χ2v) is 11.3. The fourth-order valence-corrected chi connectivity index (χ4v) is 5.31. The van der Waals surface area contributed by atoms with Crippen LogP contribution in [0, 0.1) is 17.9 Å². The number of amides is 1. The number of fused-ring (bicyclic) bond motifs is 1. The molecule has 6 rings (SSSR count). The molecule has 1 saturated carbocycles. The van der Waals surface area contributed by atoms with Gasteiger partial charge in [-0.15, -0.1) is 0 Å². The molecule has 0 radical (unpaired) electrons. The van der Waals surface area contributed by atoms with Gasteiger partial charge in [0, 0.05) is 55.0 Å². The van der Waals surface area contributed by atoms with Gasteiger partial charge in [0.2, 0.25) is 0 Å². The summed E-state index contributed by atoms with van der Waals surface area (Å²) in [7, 11) is 0. The molecule has 0 unspecified atom stereocenters. The topological polar surface area (TPSA) is 113 Å². The normalized spacial score (nSPS) is 16.9. The molecule has 1 N–H and O–H groups in total. The van der Waals surface area contributed by atoms with Crippen LogP contribution in [0.1, 0.15) is 48.7 Å². The van der Waals surface area contributed by atoms with Gasteiger partial charge < -0.3 is 19.8 Å². The number of pyridine rings is 3. The second kappa shape index (κ2) is 10.4. The quantitative estimate of drug-likeness (QED) is 0.315. The predicted molar refractivity (Wildman–Crippen MR) is 154 cm³/mol. The van der Waals surface area contributed by atoms with E-state index in [1.165, 1.54) is 6.20 Å². The SMILES string of the molecule is [C-]#[N+]C1(COc2cc(-c3ccc(N4CCC(C)(NC(=O)c5ncccc5Cl)CC4)nc3)c3c(C#N)cnn3c2)CC1. The number of hydrogen-bond acceptors (Lipinski definition) is 7. The lowest BCUT2D eigenvalue weighted by molar-refractivity contribution is 0.0886. The van der Waals surface area contributed by atoms with Gasteiger partial charge in [-0.05, 0) is 50.1 Å². The largest absolute Gasteiger partial charge is 0.484 e. The Balaban J connectivity index is 1.18. The number of halogens is 1. The second-order valence-electron chi connectivity index (χ2n) is 10.9. The molecule has 0 atom stereocenters. The predicted octanol–water partition coefficient (Wildman–Crippen LogP) is 4.94. The smallest absolute Gasteiger partial charge is 0.271 e. The molecule has 2 fully saturated rings. The van der Waals surface area contributed by atoms with Gasteiger partial charge in [-0.2, -0.15) is 10.4 Å². The van der Waals surface area contributed by atoms with Crippen LogP contribution in [0.3, 0.4) is 0 Å². The maximum atomic E-state index is 12.8. The summed E-state index contributed by atoms with van der Waals surface area (Å²) >= 11 is 6.16. The van der Waals surface area contributed by atoms with Crippen LogP contribution < -0.4 is 15.0 Å². The van der Waals surface area contributed by atoms with Crippen LogP contribution >= 0.6 is 11.6 Å². The van der Waals surface area contributed by atoms with E-state index in [0.29, 0.717) is 28.5 Å². The number of piperidine rings is 1. The van der Waals surface area contributed by atoms with E-state index in [1.807, 2.05) is 25.1 Å². The zero-order valence-corrected chi connectivity index (χ0v) is 23.2. The maximum Gasteiger partial charge on any atom is 0.271 e. The average molecular weight is 567 g/mol. The molecule has 4 aromatic heterocycles. The lowest BCUT2D eigenvalue weighted by Gasteiger charge is -2.40. The zero-order valence-electron chi connectivity index (χ0n) is 22.5. The van der Waals surface area contributed by atoms with E-state index in [-0.39, 0.29) is 17.1 Å². The minimum absolute atomic E-state index is 0.231. The maximum absolute atomic E-state index is 12.8. The molecule has 10 nitrogen and oxygen atoms in total. The monoisotopic (exact) mass is 566 g/mol. The fourth-order valence-electron chi connectivity index (χ4n) is 5.10. The zero-order chi connectivity index (χ0) is 28.6. The van der Waals surface area contributed by atoms with Gasteiger partial charge >= 0.3 is 0 Å². The number of ether oxygens (including phenoxy) is 1. The highest BCUT2D eigenvalue weighted by molar-refractivity contribution is 6.33. The lowest BCUT2D eigenvalue weighted by atomic mass is 9.89. The van der Waals surface area contributed by atoms with Gasteiger partial charge in [-0.25, -0.2) is 21.1 Å². The number of nitrogens with zero attached hydrogens (tertiary/aromatic N) is 7. The standard InChI is InChI=1S/C30H27ClN8O2/c1-29(37-28(40)26-24(31)4-3-11-34-26)9-12-38(13-10-29)25-6-5-20(16-35-25)23-14-22(41-19-30(33-2)7-8-30)18-39-27(23)21(15-32)17-36-39/h3-6,11,14,16-18H,7-10,12-13,19H2,1H3,(H,37,40). The molecular weight excluding hydrogens is 540 g/mol. The van der Waals surface area contributed by atoms with Crippen LogP contribution in [0.25, 0.3) is 21.5 Å². The summed E-state index contributed by atoms with van der Waals surface area (Å²) < 4.78 is 7.66. The van der Waals surface area contributed by atoms with E-state index in [9.17, 15) is 10.1 Å². The van der Waals surface area contributed by atoms with Crippen LogP contribution in [0.5, 0.6) is 5.75 Å². The highest BCUT2D eigenvalue weighted by atomic mass is 35.5. The van der Waals surface area contributed by atoms with E-state index < -0.39 is 5.54 Å². The Bertz CT molecular complexity index is 1710. The Morgan fingerprint density at radius 3 is 2.68 bits per heavy atom. The summed E-state index contributed by atoms with van der Waals surface area (Å²) in [6.45, 7) is 11.2. The van der Waals surface area contributed by atoms with Crippen molar-refractivity contribution in [1.29, 1.82) is 5.26 Å². The van der Waals surface area contributed by atoms with Crippen molar-refractivity contribution >= 4 is 28.8 Å². The summed E-state index contributed by atoms with van der Waals surface area (Å²) in [6.07, 6.45) is 9.80. The lowest BCUT2D eigenvalue weighted by Crippen LogP contribution is -2.53. The first-order valence-electron chi connectivity index (χ1n) is 13.4. The highest BCUT2D eigenvalue weighted by Gasteiger charge is 2.51. The van der Waals surface area contributed by atoms with Crippen LogP contribution in [0.15, 0.2) is 55.1 Å². The molecule has 5 heterocycles. The number of anilines is 1. The summed E-state index contributed by atoms with van der Waals surface area (Å²) in [5, 5.41) is 17.5. The summed E-state index contributed by atoms with van der Waals surface area (Å²) in [5.41, 5.74) is 2.17. The van der Waals surface area contributed by atoms with Crippen molar-refractivity contribution in [2.24, 2.45) is 0 Å². The van der Waals surface area contributed by atoms with Crippen LogP contribution in [0.2, 0.25) is 5.02 Å². The van der Waals surface area contributed by atoms with E-state index in [4.69, 9.17) is 27.9 Å². The van der Waals surface area contributed by atoms with Crippen molar-refractivity contribution in [3.8, 4) is 22.9 Å². The van der Waals surface area contributed by atoms with Gasteiger partial charge in [0.05, 0.1) is 28.5 Å². The number of aromatic nitrogens is 4. The molecule has 1 amide bonds.